The van der Waals surface area contributed by atoms with E-state index in [1.807, 2.05) is 17.2 Å². The summed E-state index contributed by atoms with van der Waals surface area (Å²) in [7, 11) is 0. The van der Waals surface area contributed by atoms with Crippen LogP contribution in [0.15, 0.2) is 47.6 Å². The summed E-state index contributed by atoms with van der Waals surface area (Å²) in [6.07, 6.45) is 2.73. The molecule has 0 fully saturated rings. The SMILES string of the molecule is FC(F)(F)c1cccc2c1N=C1C=CC=CN1C2. The number of nitrogens with zero attached hydrogens (tertiary/aromatic N) is 2. The number of amidine groups is 1. The van der Waals surface area contributed by atoms with Gasteiger partial charge in [0.05, 0.1) is 17.8 Å². The number of halogens is 3. The van der Waals surface area contributed by atoms with Gasteiger partial charge in [0.2, 0.25) is 0 Å². The quantitative estimate of drug-likeness (QED) is 0.686. The van der Waals surface area contributed by atoms with Gasteiger partial charge in [-0.25, -0.2) is 4.99 Å². The van der Waals surface area contributed by atoms with Crippen LogP contribution in [0.5, 0.6) is 0 Å². The molecule has 0 saturated heterocycles. The first-order chi connectivity index (χ1) is 8.55. The Labute approximate surface area is 102 Å². The fourth-order valence-corrected chi connectivity index (χ4v) is 2.08. The standard InChI is InChI=1S/C13H9F3N2/c14-13(15,16)10-5-3-4-9-8-18-7-2-1-6-11(18)17-12(9)10/h1-7H,8H2. The number of hydrogen-bond acceptors (Lipinski definition) is 2. The predicted molar refractivity (Wildman–Crippen MR) is 62.4 cm³/mol. The zero-order valence-electron chi connectivity index (χ0n) is 9.28. The van der Waals surface area contributed by atoms with Crippen LogP contribution in [0.4, 0.5) is 18.9 Å². The molecule has 2 aliphatic heterocycles. The lowest BCUT2D eigenvalue weighted by atomic mass is 10.0. The van der Waals surface area contributed by atoms with Crippen molar-refractivity contribution in [2.75, 3.05) is 0 Å². The maximum Gasteiger partial charge on any atom is 0.418 e. The highest BCUT2D eigenvalue weighted by Crippen LogP contribution is 2.40. The molecule has 0 unspecified atom stereocenters. The summed E-state index contributed by atoms with van der Waals surface area (Å²) >= 11 is 0. The van der Waals surface area contributed by atoms with Crippen LogP contribution >= 0.6 is 0 Å². The Morgan fingerprint density at radius 1 is 1.17 bits per heavy atom. The van der Waals surface area contributed by atoms with Crippen molar-refractivity contribution in [2.45, 2.75) is 12.7 Å². The van der Waals surface area contributed by atoms with Gasteiger partial charge in [-0.2, -0.15) is 13.2 Å². The highest BCUT2D eigenvalue weighted by atomic mass is 19.4. The van der Waals surface area contributed by atoms with Gasteiger partial charge in [-0.1, -0.05) is 18.2 Å². The first kappa shape index (κ1) is 11.1. The fraction of sp³-hybridized carbons (Fsp3) is 0.154. The van der Waals surface area contributed by atoms with Gasteiger partial charge >= 0.3 is 6.18 Å². The van der Waals surface area contributed by atoms with Gasteiger partial charge in [0, 0.05) is 6.20 Å². The normalized spacial score (nSPS) is 17.3. The van der Waals surface area contributed by atoms with Crippen molar-refractivity contribution in [3.63, 3.8) is 0 Å². The molecule has 0 aliphatic carbocycles. The Kier molecular flexibility index (Phi) is 2.29. The van der Waals surface area contributed by atoms with E-state index in [4.69, 9.17) is 0 Å². The van der Waals surface area contributed by atoms with Crippen molar-refractivity contribution in [1.29, 1.82) is 0 Å². The Morgan fingerprint density at radius 2 is 2.00 bits per heavy atom. The summed E-state index contributed by atoms with van der Waals surface area (Å²) in [6.45, 7) is 0.416. The van der Waals surface area contributed by atoms with Crippen molar-refractivity contribution in [1.82, 2.24) is 4.90 Å². The van der Waals surface area contributed by atoms with E-state index in [1.165, 1.54) is 6.07 Å². The van der Waals surface area contributed by atoms with Gasteiger partial charge in [-0.3, -0.25) is 0 Å². The molecule has 0 N–H and O–H groups in total. The monoisotopic (exact) mass is 250 g/mol. The van der Waals surface area contributed by atoms with Crippen LogP contribution in [0.1, 0.15) is 11.1 Å². The third-order valence-electron chi connectivity index (χ3n) is 2.91. The second kappa shape index (κ2) is 3.73. The molecule has 18 heavy (non-hydrogen) atoms. The van der Waals surface area contributed by atoms with Gasteiger partial charge in [-0.05, 0) is 23.8 Å². The van der Waals surface area contributed by atoms with Crippen molar-refractivity contribution >= 4 is 11.5 Å². The summed E-state index contributed by atoms with van der Waals surface area (Å²) in [5.41, 5.74) is -0.0418. The molecule has 92 valence electrons. The summed E-state index contributed by atoms with van der Waals surface area (Å²) < 4.78 is 38.7. The molecule has 2 nitrogen and oxygen atoms in total. The maximum absolute atomic E-state index is 12.9. The van der Waals surface area contributed by atoms with Crippen molar-refractivity contribution in [3.05, 3.63) is 53.8 Å². The molecule has 1 aromatic rings. The molecule has 0 amide bonds. The van der Waals surface area contributed by atoms with Crippen LogP contribution in [0.3, 0.4) is 0 Å². The van der Waals surface area contributed by atoms with Gasteiger partial charge in [0.1, 0.15) is 5.84 Å². The lowest BCUT2D eigenvalue weighted by molar-refractivity contribution is -0.137. The van der Waals surface area contributed by atoms with Gasteiger partial charge < -0.3 is 4.90 Å². The molecule has 0 spiro atoms. The molecule has 0 bridgehead atoms. The molecule has 3 rings (SSSR count). The molecule has 2 heterocycles. The minimum atomic E-state index is -4.37. The molecular formula is C13H9F3N2. The minimum absolute atomic E-state index is 0.0381. The number of benzene rings is 1. The highest BCUT2D eigenvalue weighted by Gasteiger charge is 2.35. The van der Waals surface area contributed by atoms with Crippen LogP contribution < -0.4 is 0 Å². The molecule has 5 heteroatoms. The van der Waals surface area contributed by atoms with E-state index in [1.54, 1.807) is 18.2 Å². The topological polar surface area (TPSA) is 15.6 Å². The van der Waals surface area contributed by atoms with Crippen molar-refractivity contribution in [2.24, 2.45) is 4.99 Å². The molecule has 2 aliphatic rings. The van der Waals surface area contributed by atoms with Crippen LogP contribution in [0, 0.1) is 0 Å². The van der Waals surface area contributed by atoms with Crippen molar-refractivity contribution in [3.8, 4) is 0 Å². The zero-order valence-corrected chi connectivity index (χ0v) is 9.28. The summed E-state index contributed by atoms with van der Waals surface area (Å²) in [6, 6.07) is 4.17. The number of fused-ring (bicyclic) bond motifs is 2. The van der Waals surface area contributed by atoms with Gasteiger partial charge in [-0.15, -0.1) is 0 Å². The summed E-state index contributed by atoms with van der Waals surface area (Å²) in [4.78, 5) is 5.94. The Morgan fingerprint density at radius 3 is 2.78 bits per heavy atom. The third kappa shape index (κ3) is 1.72. The third-order valence-corrected chi connectivity index (χ3v) is 2.91. The Balaban J connectivity index is 2.16. The smallest absolute Gasteiger partial charge is 0.329 e. The number of allylic oxidation sites excluding steroid dienone is 2. The Hall–Kier alpha value is -2.04. The average Bonchev–Trinajstić information content (AvgIpc) is 2.34. The second-order valence-electron chi connectivity index (χ2n) is 4.11. The van der Waals surface area contributed by atoms with E-state index < -0.39 is 11.7 Å². The number of rotatable bonds is 0. The largest absolute Gasteiger partial charge is 0.418 e. The number of para-hydroxylation sites is 1. The van der Waals surface area contributed by atoms with Crippen LogP contribution in [0.25, 0.3) is 0 Å². The van der Waals surface area contributed by atoms with Crippen LogP contribution in [0.2, 0.25) is 0 Å². The first-order valence-corrected chi connectivity index (χ1v) is 5.45. The lowest BCUT2D eigenvalue weighted by Gasteiger charge is -2.28. The van der Waals surface area contributed by atoms with E-state index in [-0.39, 0.29) is 5.69 Å². The Bertz CT molecular complexity index is 582. The second-order valence-corrected chi connectivity index (χ2v) is 4.11. The minimum Gasteiger partial charge on any atom is -0.329 e. The molecule has 0 aromatic heterocycles. The molecule has 0 saturated carbocycles. The molecule has 1 aromatic carbocycles. The van der Waals surface area contributed by atoms with Gasteiger partial charge in [0.15, 0.2) is 0 Å². The number of alkyl halides is 3. The summed E-state index contributed by atoms with van der Waals surface area (Å²) in [5.74, 6) is 0.543. The summed E-state index contributed by atoms with van der Waals surface area (Å²) in [5, 5.41) is 0. The number of hydrogen-bond donors (Lipinski definition) is 0. The average molecular weight is 250 g/mol. The molecular weight excluding hydrogens is 241 g/mol. The van der Waals surface area contributed by atoms with E-state index in [0.717, 1.165) is 6.07 Å². The maximum atomic E-state index is 12.9. The highest BCUT2D eigenvalue weighted by molar-refractivity contribution is 5.98. The fourth-order valence-electron chi connectivity index (χ4n) is 2.08. The van der Waals surface area contributed by atoms with Gasteiger partial charge in [0.25, 0.3) is 0 Å². The van der Waals surface area contributed by atoms with E-state index in [0.29, 0.717) is 17.9 Å². The van der Waals surface area contributed by atoms with E-state index >= 15 is 0 Å². The zero-order chi connectivity index (χ0) is 12.8. The predicted octanol–water partition coefficient (Wildman–Crippen LogP) is 3.63. The number of aliphatic imine (C=N–C) groups is 1. The van der Waals surface area contributed by atoms with Crippen LogP contribution in [-0.2, 0) is 12.7 Å². The molecule has 0 radical (unpaired) electrons. The van der Waals surface area contributed by atoms with Crippen LogP contribution in [-0.4, -0.2) is 10.7 Å². The molecule has 0 atom stereocenters. The van der Waals surface area contributed by atoms with Crippen molar-refractivity contribution < 1.29 is 13.2 Å². The lowest BCUT2D eigenvalue weighted by Crippen LogP contribution is -2.28. The van der Waals surface area contributed by atoms with E-state index in [2.05, 4.69) is 4.99 Å². The first-order valence-electron chi connectivity index (χ1n) is 5.45. The van der Waals surface area contributed by atoms with E-state index in [9.17, 15) is 13.2 Å².